The van der Waals surface area contributed by atoms with Gasteiger partial charge in [0, 0.05) is 18.9 Å². The van der Waals surface area contributed by atoms with Crippen LogP contribution in [0.1, 0.15) is 57.1 Å². The van der Waals surface area contributed by atoms with Crippen molar-refractivity contribution in [2.24, 2.45) is 9.98 Å². The van der Waals surface area contributed by atoms with Crippen LogP contribution < -0.4 is 0 Å². The third-order valence-electron chi connectivity index (χ3n) is 4.05. The van der Waals surface area contributed by atoms with Crippen LogP contribution in [-0.2, 0) is 0 Å². The number of aliphatic imine (C=N–C) groups is 2. The van der Waals surface area contributed by atoms with Crippen molar-refractivity contribution >= 4 is 23.8 Å². The Bertz CT molecular complexity index is 718. The lowest BCUT2D eigenvalue weighted by molar-refractivity contribution is 0.867. The van der Waals surface area contributed by atoms with E-state index in [4.69, 9.17) is 0 Å². The second-order valence-corrected chi connectivity index (χ2v) is 6.75. The van der Waals surface area contributed by atoms with E-state index in [1.54, 1.807) is 0 Å². The van der Waals surface area contributed by atoms with Gasteiger partial charge in [0.1, 0.15) is 0 Å². The molecule has 0 fully saturated rings. The number of hydrogen-bond donors (Lipinski definition) is 0. The molecule has 0 bridgehead atoms. The van der Waals surface area contributed by atoms with E-state index < -0.39 is 0 Å². The zero-order chi connectivity index (χ0) is 18.1. The Labute approximate surface area is 152 Å². The topological polar surface area (TPSA) is 24.7 Å². The average molecular weight is 332 g/mol. The van der Waals surface area contributed by atoms with E-state index in [0.717, 1.165) is 17.8 Å². The van der Waals surface area contributed by atoms with Gasteiger partial charge in [0.05, 0.1) is 11.4 Å². The molecule has 2 nitrogen and oxygen atoms in total. The van der Waals surface area contributed by atoms with Gasteiger partial charge in [-0.2, -0.15) is 0 Å². The minimum atomic E-state index is 0.554. The molecule has 0 aliphatic heterocycles. The van der Waals surface area contributed by atoms with Gasteiger partial charge in [-0.3, -0.25) is 9.98 Å². The fraction of sp³-hybridized carbons (Fsp3) is 0.304. The molecule has 2 aromatic rings. The number of benzene rings is 2. The van der Waals surface area contributed by atoms with Crippen LogP contribution in [-0.4, -0.2) is 12.4 Å². The molecule has 0 aromatic heterocycles. The normalized spacial score (nSPS) is 12.4. The second kappa shape index (κ2) is 9.73. The van der Waals surface area contributed by atoms with E-state index in [0.29, 0.717) is 11.8 Å². The van der Waals surface area contributed by atoms with E-state index in [1.807, 2.05) is 18.5 Å². The maximum atomic E-state index is 4.47. The molecule has 0 aliphatic rings. The SMILES string of the molecule is CC(C)c1ccc(N=CC=CCC=Nc2ccc(C(C)C)cc2)cc1. The quantitative estimate of drug-likeness (QED) is 0.488. The summed E-state index contributed by atoms with van der Waals surface area (Å²) in [6, 6.07) is 16.8. The zero-order valence-electron chi connectivity index (χ0n) is 15.7. The molecule has 0 unspecified atom stereocenters. The Kier molecular flexibility index (Phi) is 7.34. The first kappa shape index (κ1) is 18.9. The predicted octanol–water partition coefficient (Wildman–Crippen LogP) is 6.98. The summed E-state index contributed by atoms with van der Waals surface area (Å²) in [6.45, 7) is 8.79. The summed E-state index contributed by atoms with van der Waals surface area (Å²) >= 11 is 0. The van der Waals surface area contributed by atoms with Gasteiger partial charge in [-0.25, -0.2) is 0 Å². The van der Waals surface area contributed by atoms with Crippen molar-refractivity contribution in [2.45, 2.75) is 46.0 Å². The van der Waals surface area contributed by atoms with Crippen molar-refractivity contribution in [1.82, 2.24) is 0 Å². The first-order chi connectivity index (χ1) is 12.1. The monoisotopic (exact) mass is 332 g/mol. The van der Waals surface area contributed by atoms with Crippen molar-refractivity contribution in [2.75, 3.05) is 0 Å². The van der Waals surface area contributed by atoms with E-state index >= 15 is 0 Å². The number of allylic oxidation sites excluding steroid dienone is 2. The molecule has 0 aliphatic carbocycles. The number of hydrogen-bond acceptors (Lipinski definition) is 2. The minimum absolute atomic E-state index is 0.554. The van der Waals surface area contributed by atoms with Crippen molar-refractivity contribution in [3.63, 3.8) is 0 Å². The summed E-state index contributed by atoms with van der Waals surface area (Å²) in [6.07, 6.45) is 8.56. The lowest BCUT2D eigenvalue weighted by atomic mass is 10.0. The maximum Gasteiger partial charge on any atom is 0.0629 e. The summed E-state index contributed by atoms with van der Waals surface area (Å²) < 4.78 is 0. The van der Waals surface area contributed by atoms with E-state index in [9.17, 15) is 0 Å². The largest absolute Gasteiger partial charge is 0.261 e. The molecule has 0 heterocycles. The summed E-state index contributed by atoms with van der Waals surface area (Å²) in [7, 11) is 0. The molecule has 2 aromatic carbocycles. The summed E-state index contributed by atoms with van der Waals surface area (Å²) in [5.41, 5.74) is 4.66. The van der Waals surface area contributed by atoms with Crippen LogP contribution >= 0.6 is 0 Å². The van der Waals surface area contributed by atoms with Crippen LogP contribution in [0.15, 0.2) is 70.7 Å². The van der Waals surface area contributed by atoms with Gasteiger partial charge in [0.15, 0.2) is 0 Å². The summed E-state index contributed by atoms with van der Waals surface area (Å²) in [5, 5.41) is 0. The standard InChI is InChI=1S/C23H28N2/c1-18(2)20-8-12-22(13-9-20)24-16-6-5-7-17-25-23-14-10-21(11-15-23)19(3)4/h5-6,8-19H,7H2,1-4H3. The molecule has 0 saturated carbocycles. The molecule has 0 saturated heterocycles. The lowest BCUT2D eigenvalue weighted by Gasteiger charge is -2.04. The molecule has 2 heteroatoms. The fourth-order valence-electron chi connectivity index (χ4n) is 2.38. The van der Waals surface area contributed by atoms with Crippen molar-refractivity contribution in [1.29, 1.82) is 0 Å². The van der Waals surface area contributed by atoms with Gasteiger partial charge in [-0.15, -0.1) is 0 Å². The smallest absolute Gasteiger partial charge is 0.0629 e. The summed E-state index contributed by atoms with van der Waals surface area (Å²) in [5.74, 6) is 1.11. The Morgan fingerprint density at radius 2 is 1.20 bits per heavy atom. The van der Waals surface area contributed by atoms with Crippen LogP contribution in [0, 0.1) is 0 Å². The highest BCUT2D eigenvalue weighted by Crippen LogP contribution is 2.19. The van der Waals surface area contributed by atoms with E-state index in [2.05, 4.69) is 92.3 Å². The third kappa shape index (κ3) is 6.50. The first-order valence-corrected chi connectivity index (χ1v) is 8.98. The molecule has 0 amide bonds. The first-order valence-electron chi connectivity index (χ1n) is 8.98. The highest BCUT2D eigenvalue weighted by atomic mass is 14.7. The minimum Gasteiger partial charge on any atom is -0.261 e. The Balaban J connectivity index is 1.78. The number of nitrogens with zero attached hydrogens (tertiary/aromatic N) is 2. The van der Waals surface area contributed by atoms with Crippen LogP contribution in [0.5, 0.6) is 0 Å². The number of rotatable bonds is 7. The predicted molar refractivity (Wildman–Crippen MR) is 111 cm³/mol. The third-order valence-corrected chi connectivity index (χ3v) is 4.05. The Hall–Kier alpha value is -2.48. The highest BCUT2D eigenvalue weighted by Gasteiger charge is 1.98. The van der Waals surface area contributed by atoms with E-state index in [1.165, 1.54) is 11.1 Å². The Morgan fingerprint density at radius 1 is 0.720 bits per heavy atom. The van der Waals surface area contributed by atoms with Crippen LogP contribution in [0.2, 0.25) is 0 Å². The second-order valence-electron chi connectivity index (χ2n) is 6.75. The van der Waals surface area contributed by atoms with Gasteiger partial charge in [0.2, 0.25) is 0 Å². The van der Waals surface area contributed by atoms with Gasteiger partial charge in [0.25, 0.3) is 0 Å². The fourth-order valence-corrected chi connectivity index (χ4v) is 2.38. The molecular formula is C23H28N2. The molecule has 25 heavy (non-hydrogen) atoms. The van der Waals surface area contributed by atoms with E-state index in [-0.39, 0.29) is 0 Å². The highest BCUT2D eigenvalue weighted by molar-refractivity contribution is 5.75. The van der Waals surface area contributed by atoms with Crippen molar-refractivity contribution in [3.8, 4) is 0 Å². The Morgan fingerprint density at radius 3 is 1.68 bits per heavy atom. The molecular weight excluding hydrogens is 304 g/mol. The van der Waals surface area contributed by atoms with Gasteiger partial charge in [-0.1, -0.05) is 58.0 Å². The van der Waals surface area contributed by atoms with Crippen LogP contribution in [0.25, 0.3) is 0 Å². The van der Waals surface area contributed by atoms with Crippen molar-refractivity contribution in [3.05, 3.63) is 71.8 Å². The van der Waals surface area contributed by atoms with Gasteiger partial charge >= 0.3 is 0 Å². The molecule has 0 spiro atoms. The molecule has 2 rings (SSSR count). The maximum absolute atomic E-state index is 4.47. The summed E-state index contributed by atoms with van der Waals surface area (Å²) in [4.78, 5) is 8.90. The average Bonchev–Trinajstić information content (AvgIpc) is 2.61. The molecule has 0 radical (unpaired) electrons. The molecule has 0 atom stereocenters. The lowest BCUT2D eigenvalue weighted by Crippen LogP contribution is -1.84. The van der Waals surface area contributed by atoms with Crippen LogP contribution in [0.4, 0.5) is 11.4 Å². The van der Waals surface area contributed by atoms with Crippen LogP contribution in [0.3, 0.4) is 0 Å². The zero-order valence-corrected chi connectivity index (χ0v) is 15.7. The molecule has 130 valence electrons. The van der Waals surface area contributed by atoms with Gasteiger partial charge in [-0.05, 0) is 53.3 Å². The van der Waals surface area contributed by atoms with Gasteiger partial charge < -0.3 is 0 Å². The van der Waals surface area contributed by atoms with Crippen molar-refractivity contribution < 1.29 is 0 Å². The molecule has 0 N–H and O–H groups in total.